The van der Waals surface area contributed by atoms with Crippen LogP contribution in [-0.2, 0) is 0 Å². The second-order valence-electron chi connectivity index (χ2n) is 3.89. The number of rotatable bonds is 2. The zero-order valence-corrected chi connectivity index (χ0v) is 13.6. The molecular formula is C14H9Cl3N2OS. The van der Waals surface area contributed by atoms with Gasteiger partial charge in [0.25, 0.3) is 5.91 Å². The van der Waals surface area contributed by atoms with E-state index in [-0.39, 0.29) is 12.5 Å². The average molecular weight is 360 g/mol. The number of hydrogen-bond acceptors (Lipinski definition) is 3. The summed E-state index contributed by atoms with van der Waals surface area (Å²) in [7, 11) is 0. The minimum Gasteiger partial charge on any atom is -0.321 e. The van der Waals surface area contributed by atoms with Gasteiger partial charge in [0, 0.05) is 5.56 Å². The Morgan fingerprint density at radius 3 is 2.67 bits per heavy atom. The standard InChI is InChI=1S/C14H9Cl3N2OS/c15-10-4-3-8(2-1-5-18)6-11(10)19-14(20)9-7-12(16)21-13(9)17/h3-4,6-7H,5,18H2,(H,19,20). The maximum Gasteiger partial charge on any atom is 0.258 e. The second kappa shape index (κ2) is 7.17. The van der Waals surface area contributed by atoms with Crippen molar-refractivity contribution in [2.75, 3.05) is 11.9 Å². The van der Waals surface area contributed by atoms with E-state index >= 15 is 0 Å². The topological polar surface area (TPSA) is 55.1 Å². The Kier molecular flexibility index (Phi) is 5.51. The van der Waals surface area contributed by atoms with Crippen LogP contribution >= 0.6 is 46.1 Å². The van der Waals surface area contributed by atoms with Gasteiger partial charge >= 0.3 is 0 Å². The van der Waals surface area contributed by atoms with Crippen LogP contribution < -0.4 is 11.1 Å². The number of amides is 1. The summed E-state index contributed by atoms with van der Waals surface area (Å²) in [6.07, 6.45) is 0. The van der Waals surface area contributed by atoms with Gasteiger partial charge in [-0.15, -0.1) is 11.3 Å². The van der Waals surface area contributed by atoms with Crippen molar-refractivity contribution in [2.24, 2.45) is 5.73 Å². The predicted molar refractivity (Wildman–Crippen MR) is 89.7 cm³/mol. The molecule has 21 heavy (non-hydrogen) atoms. The highest BCUT2D eigenvalue weighted by molar-refractivity contribution is 7.20. The summed E-state index contributed by atoms with van der Waals surface area (Å²) in [5, 5.41) is 3.09. The Bertz CT molecular complexity index is 746. The van der Waals surface area contributed by atoms with E-state index in [1.807, 2.05) is 0 Å². The fourth-order valence-corrected chi connectivity index (χ4v) is 3.16. The summed E-state index contributed by atoms with van der Waals surface area (Å²) in [6, 6.07) is 6.58. The van der Waals surface area contributed by atoms with E-state index in [9.17, 15) is 4.79 Å². The van der Waals surface area contributed by atoms with Crippen molar-refractivity contribution in [2.45, 2.75) is 0 Å². The Hall–Kier alpha value is -1.22. The molecule has 0 aliphatic rings. The zero-order valence-electron chi connectivity index (χ0n) is 10.5. The van der Waals surface area contributed by atoms with Gasteiger partial charge in [0.2, 0.25) is 0 Å². The second-order valence-corrected chi connectivity index (χ2v) is 6.59. The molecule has 2 rings (SSSR count). The van der Waals surface area contributed by atoms with Gasteiger partial charge in [-0.25, -0.2) is 0 Å². The first-order valence-electron chi connectivity index (χ1n) is 5.76. The zero-order chi connectivity index (χ0) is 15.4. The van der Waals surface area contributed by atoms with Gasteiger partial charge in [0.05, 0.1) is 27.2 Å². The van der Waals surface area contributed by atoms with Gasteiger partial charge in [-0.2, -0.15) is 0 Å². The molecule has 0 bridgehead atoms. The molecule has 0 atom stereocenters. The van der Waals surface area contributed by atoms with Crippen LogP contribution in [0.3, 0.4) is 0 Å². The van der Waals surface area contributed by atoms with Crippen molar-refractivity contribution in [1.29, 1.82) is 0 Å². The highest BCUT2D eigenvalue weighted by Gasteiger charge is 2.15. The van der Waals surface area contributed by atoms with Crippen LogP contribution in [0, 0.1) is 11.8 Å². The van der Waals surface area contributed by atoms with Gasteiger partial charge in [0.1, 0.15) is 4.34 Å². The van der Waals surface area contributed by atoms with Crippen LogP contribution in [0.25, 0.3) is 0 Å². The van der Waals surface area contributed by atoms with E-state index in [2.05, 4.69) is 17.2 Å². The van der Waals surface area contributed by atoms with Crippen molar-refractivity contribution >= 4 is 57.7 Å². The maximum absolute atomic E-state index is 12.2. The highest BCUT2D eigenvalue weighted by atomic mass is 35.5. The fourth-order valence-electron chi connectivity index (χ4n) is 1.54. The lowest BCUT2D eigenvalue weighted by atomic mass is 10.2. The number of thiophene rings is 1. The molecule has 1 heterocycles. The summed E-state index contributed by atoms with van der Waals surface area (Å²) < 4.78 is 0.770. The lowest BCUT2D eigenvalue weighted by Gasteiger charge is -2.07. The van der Waals surface area contributed by atoms with Crippen molar-refractivity contribution in [3.05, 3.63) is 49.1 Å². The molecule has 0 saturated heterocycles. The predicted octanol–water partition coefficient (Wildman–Crippen LogP) is 4.27. The van der Waals surface area contributed by atoms with E-state index < -0.39 is 0 Å². The SMILES string of the molecule is NCC#Cc1ccc(Cl)c(NC(=O)c2cc(Cl)sc2Cl)c1. The molecule has 1 aromatic carbocycles. The first kappa shape index (κ1) is 16.2. The Labute approximate surface area is 141 Å². The minimum absolute atomic E-state index is 0.257. The molecule has 1 aromatic heterocycles. The Morgan fingerprint density at radius 1 is 1.29 bits per heavy atom. The molecule has 1 amide bonds. The molecule has 0 radical (unpaired) electrons. The molecule has 0 fully saturated rings. The smallest absolute Gasteiger partial charge is 0.258 e. The lowest BCUT2D eigenvalue weighted by Crippen LogP contribution is -2.11. The lowest BCUT2D eigenvalue weighted by molar-refractivity contribution is 0.102. The van der Waals surface area contributed by atoms with Crippen LogP contribution in [0.2, 0.25) is 13.7 Å². The van der Waals surface area contributed by atoms with Crippen molar-refractivity contribution < 1.29 is 4.79 Å². The summed E-state index contributed by atoms with van der Waals surface area (Å²) in [4.78, 5) is 12.2. The number of carbonyl (C=O) groups excluding carboxylic acids is 1. The van der Waals surface area contributed by atoms with Crippen LogP contribution in [0.1, 0.15) is 15.9 Å². The number of halogens is 3. The van der Waals surface area contributed by atoms with Crippen molar-refractivity contribution in [1.82, 2.24) is 0 Å². The molecule has 2 aromatic rings. The number of nitrogens with one attached hydrogen (secondary N) is 1. The molecule has 108 valence electrons. The molecule has 7 heteroatoms. The van der Waals surface area contributed by atoms with Crippen LogP contribution in [-0.4, -0.2) is 12.5 Å². The molecule has 0 aliphatic carbocycles. The maximum atomic E-state index is 12.2. The largest absolute Gasteiger partial charge is 0.321 e. The third kappa shape index (κ3) is 4.13. The average Bonchev–Trinajstić information content (AvgIpc) is 2.78. The highest BCUT2D eigenvalue weighted by Crippen LogP contribution is 2.32. The number of benzene rings is 1. The first-order chi connectivity index (χ1) is 10.0. The molecule has 3 nitrogen and oxygen atoms in total. The van der Waals surface area contributed by atoms with Crippen LogP contribution in [0.5, 0.6) is 0 Å². The fraction of sp³-hybridized carbons (Fsp3) is 0.0714. The van der Waals surface area contributed by atoms with Crippen molar-refractivity contribution in [3.8, 4) is 11.8 Å². The molecule has 3 N–H and O–H groups in total. The normalized spacial score (nSPS) is 9.90. The van der Waals surface area contributed by atoms with Gasteiger partial charge < -0.3 is 11.1 Å². The van der Waals surface area contributed by atoms with E-state index in [1.165, 1.54) is 6.07 Å². The van der Waals surface area contributed by atoms with E-state index in [1.54, 1.807) is 18.2 Å². The quantitative estimate of drug-likeness (QED) is 0.787. The Balaban J connectivity index is 2.26. The van der Waals surface area contributed by atoms with Gasteiger partial charge in [-0.05, 0) is 24.3 Å². The first-order valence-corrected chi connectivity index (χ1v) is 7.71. The number of anilines is 1. The molecular weight excluding hydrogens is 351 g/mol. The molecule has 0 saturated carbocycles. The number of hydrogen-bond donors (Lipinski definition) is 2. The number of carbonyl (C=O) groups is 1. The van der Waals surface area contributed by atoms with Gasteiger partial charge in [0.15, 0.2) is 0 Å². The number of nitrogens with two attached hydrogens (primary N) is 1. The van der Waals surface area contributed by atoms with E-state index in [0.29, 0.717) is 30.5 Å². The van der Waals surface area contributed by atoms with E-state index in [0.717, 1.165) is 11.3 Å². The summed E-state index contributed by atoms with van der Waals surface area (Å²) in [5.41, 5.74) is 6.78. The van der Waals surface area contributed by atoms with Crippen LogP contribution in [0.15, 0.2) is 24.3 Å². The summed E-state index contributed by atoms with van der Waals surface area (Å²) in [5.74, 6) is 5.22. The van der Waals surface area contributed by atoms with E-state index in [4.69, 9.17) is 40.5 Å². The summed E-state index contributed by atoms with van der Waals surface area (Å²) in [6.45, 7) is 0.257. The van der Waals surface area contributed by atoms with Crippen LogP contribution in [0.4, 0.5) is 5.69 Å². The summed E-state index contributed by atoms with van der Waals surface area (Å²) >= 11 is 19.0. The van der Waals surface area contributed by atoms with Gasteiger partial charge in [-0.1, -0.05) is 46.6 Å². The molecule has 0 spiro atoms. The minimum atomic E-state index is -0.381. The monoisotopic (exact) mass is 358 g/mol. The van der Waals surface area contributed by atoms with Crippen molar-refractivity contribution in [3.63, 3.8) is 0 Å². The third-order valence-electron chi connectivity index (χ3n) is 2.45. The Morgan fingerprint density at radius 2 is 2.05 bits per heavy atom. The van der Waals surface area contributed by atoms with Gasteiger partial charge in [-0.3, -0.25) is 4.79 Å². The molecule has 0 unspecified atom stereocenters. The molecule has 0 aliphatic heterocycles. The third-order valence-corrected chi connectivity index (χ3v) is 4.27.